The van der Waals surface area contributed by atoms with Gasteiger partial charge in [0.1, 0.15) is 11.5 Å². The average Bonchev–Trinajstić information content (AvgIpc) is 3.21. The maximum absolute atomic E-state index is 14.9. The third-order valence-electron chi connectivity index (χ3n) is 7.19. The van der Waals surface area contributed by atoms with E-state index in [1.807, 2.05) is 42.8 Å². The first kappa shape index (κ1) is 20.7. The zero-order valence-corrected chi connectivity index (χ0v) is 18.5. The molecule has 2 fully saturated rings. The topological polar surface area (TPSA) is 54.3 Å². The Balaban J connectivity index is 1.54. The van der Waals surface area contributed by atoms with Gasteiger partial charge in [-0.05, 0) is 49.6 Å². The number of benzene rings is 2. The molecule has 0 bridgehead atoms. The van der Waals surface area contributed by atoms with Crippen molar-refractivity contribution >= 4 is 22.7 Å². The molecule has 3 heterocycles. The zero-order chi connectivity index (χ0) is 22.5. The highest BCUT2D eigenvalue weighted by Crippen LogP contribution is 2.42. The van der Waals surface area contributed by atoms with Crippen LogP contribution in [0.2, 0.25) is 0 Å². The quantitative estimate of drug-likeness (QED) is 0.655. The van der Waals surface area contributed by atoms with E-state index in [-0.39, 0.29) is 23.5 Å². The van der Waals surface area contributed by atoms with Crippen LogP contribution in [0.4, 0.5) is 4.39 Å². The highest BCUT2D eigenvalue weighted by Gasteiger charge is 2.50. The van der Waals surface area contributed by atoms with Crippen LogP contribution in [0, 0.1) is 12.7 Å². The van der Waals surface area contributed by atoms with Gasteiger partial charge in [0.25, 0.3) is 5.91 Å². The number of carbonyl (C=O) groups excluding carboxylic acids is 2. The number of carbonyl (C=O) groups is 2. The number of nitrogens with one attached hydrogen (secondary N) is 1. The highest BCUT2D eigenvalue weighted by atomic mass is 19.1. The van der Waals surface area contributed by atoms with E-state index in [2.05, 4.69) is 11.4 Å². The van der Waals surface area contributed by atoms with E-state index in [4.69, 9.17) is 0 Å². The molecule has 32 heavy (non-hydrogen) atoms. The van der Waals surface area contributed by atoms with E-state index in [0.717, 1.165) is 35.7 Å². The predicted molar refractivity (Wildman–Crippen MR) is 122 cm³/mol. The van der Waals surface area contributed by atoms with Crippen molar-refractivity contribution < 1.29 is 14.0 Å². The summed E-state index contributed by atoms with van der Waals surface area (Å²) in [6.45, 7) is 2.80. The molecule has 0 aliphatic carbocycles. The van der Waals surface area contributed by atoms with Crippen LogP contribution in [0.15, 0.2) is 48.5 Å². The molecule has 2 saturated heterocycles. The van der Waals surface area contributed by atoms with Gasteiger partial charge in [0.05, 0.1) is 5.54 Å². The minimum Gasteiger partial charge on any atom is -0.348 e. The molecule has 2 aliphatic rings. The Morgan fingerprint density at radius 1 is 1.16 bits per heavy atom. The molecule has 0 radical (unpaired) electrons. The zero-order valence-electron chi connectivity index (χ0n) is 18.5. The number of halogens is 1. The van der Waals surface area contributed by atoms with Gasteiger partial charge in [-0.2, -0.15) is 0 Å². The van der Waals surface area contributed by atoms with Crippen molar-refractivity contribution in [1.29, 1.82) is 0 Å². The Kier molecular flexibility index (Phi) is 5.03. The fourth-order valence-electron chi connectivity index (χ4n) is 5.56. The van der Waals surface area contributed by atoms with E-state index >= 15 is 0 Å². The number of nitrogens with zero attached hydrogens (tertiary/aromatic N) is 2. The number of amides is 2. The van der Waals surface area contributed by atoms with Gasteiger partial charge < -0.3 is 14.8 Å². The minimum absolute atomic E-state index is 0.0155. The molecule has 1 aromatic heterocycles. The molecule has 5 nitrogen and oxygen atoms in total. The van der Waals surface area contributed by atoms with Crippen LogP contribution in [0.1, 0.15) is 53.2 Å². The second-order valence-corrected chi connectivity index (χ2v) is 9.32. The summed E-state index contributed by atoms with van der Waals surface area (Å²) in [5.41, 5.74) is 2.67. The van der Waals surface area contributed by atoms with E-state index in [1.54, 1.807) is 17.0 Å². The first-order valence-electron chi connectivity index (χ1n) is 11.3. The SMILES string of the molecule is Cc1ccc2c(c1)cc(C(=O)N1C[C@@H](c3ccccc3F)[C@@]3(CCCCC(=O)N3)C1)n2C. The molecule has 0 saturated carbocycles. The van der Waals surface area contributed by atoms with Crippen LogP contribution in [-0.2, 0) is 11.8 Å². The monoisotopic (exact) mass is 433 g/mol. The largest absolute Gasteiger partial charge is 0.348 e. The van der Waals surface area contributed by atoms with Crippen molar-refractivity contribution in [2.45, 2.75) is 44.1 Å². The summed E-state index contributed by atoms with van der Waals surface area (Å²) in [6.07, 6.45) is 2.89. The molecule has 2 atom stereocenters. The van der Waals surface area contributed by atoms with Gasteiger partial charge in [0, 0.05) is 43.4 Å². The highest BCUT2D eigenvalue weighted by molar-refractivity contribution is 5.99. The summed E-state index contributed by atoms with van der Waals surface area (Å²) in [5, 5.41) is 4.23. The predicted octanol–water partition coefficient (Wildman–Crippen LogP) is 4.29. The lowest BCUT2D eigenvalue weighted by Crippen LogP contribution is -2.53. The third-order valence-corrected chi connectivity index (χ3v) is 7.19. The minimum atomic E-state index is -0.646. The number of likely N-dealkylation sites (tertiary alicyclic amines) is 1. The van der Waals surface area contributed by atoms with Gasteiger partial charge >= 0.3 is 0 Å². The van der Waals surface area contributed by atoms with Gasteiger partial charge in [-0.1, -0.05) is 36.2 Å². The maximum Gasteiger partial charge on any atom is 0.270 e. The molecule has 2 aliphatic heterocycles. The molecule has 2 aromatic carbocycles. The van der Waals surface area contributed by atoms with Gasteiger partial charge in [0.15, 0.2) is 0 Å². The van der Waals surface area contributed by atoms with Gasteiger partial charge in [-0.3, -0.25) is 9.59 Å². The van der Waals surface area contributed by atoms with E-state index < -0.39 is 5.54 Å². The van der Waals surface area contributed by atoms with Crippen LogP contribution < -0.4 is 5.32 Å². The number of aryl methyl sites for hydroxylation is 2. The van der Waals surface area contributed by atoms with E-state index in [0.29, 0.717) is 30.8 Å². The first-order chi connectivity index (χ1) is 15.4. The van der Waals surface area contributed by atoms with Gasteiger partial charge in [0.2, 0.25) is 5.91 Å². The molecule has 6 heteroatoms. The smallest absolute Gasteiger partial charge is 0.270 e. The number of hydrogen-bond acceptors (Lipinski definition) is 2. The fraction of sp³-hybridized carbons (Fsp3) is 0.385. The number of fused-ring (bicyclic) bond motifs is 1. The van der Waals surface area contributed by atoms with Gasteiger partial charge in [-0.15, -0.1) is 0 Å². The standard InChI is InChI=1S/C26H28FN3O2/c1-17-10-11-22-18(13-17)14-23(29(22)2)25(32)30-15-20(19-7-3-4-8-21(19)27)26(16-30)12-6-5-9-24(31)28-26/h3-4,7-8,10-11,13-14,20H,5-6,9,12,15-16H2,1-2H3,(H,28,31)/t20-,26+/m0/s1. The Bertz CT molecular complexity index is 1220. The number of aromatic nitrogens is 1. The molecular weight excluding hydrogens is 405 g/mol. The summed E-state index contributed by atoms with van der Waals surface area (Å²) in [5.74, 6) is -0.673. The Labute approximate surface area is 187 Å². The van der Waals surface area contributed by atoms with Crippen molar-refractivity contribution in [2.75, 3.05) is 13.1 Å². The summed E-state index contributed by atoms with van der Waals surface area (Å²) >= 11 is 0. The van der Waals surface area contributed by atoms with Crippen molar-refractivity contribution in [3.63, 3.8) is 0 Å². The van der Waals surface area contributed by atoms with Crippen molar-refractivity contribution in [3.05, 3.63) is 71.2 Å². The van der Waals surface area contributed by atoms with Crippen LogP contribution >= 0.6 is 0 Å². The normalized spacial score (nSPS) is 23.5. The molecule has 166 valence electrons. The summed E-state index contributed by atoms with van der Waals surface area (Å²) < 4.78 is 16.8. The van der Waals surface area contributed by atoms with Crippen LogP contribution in [0.3, 0.4) is 0 Å². The molecule has 3 aromatic rings. The Hall–Kier alpha value is -3.15. The van der Waals surface area contributed by atoms with Crippen molar-refractivity contribution in [2.24, 2.45) is 7.05 Å². The lowest BCUT2D eigenvalue weighted by atomic mass is 9.78. The fourth-order valence-corrected chi connectivity index (χ4v) is 5.56. The van der Waals surface area contributed by atoms with Crippen molar-refractivity contribution in [3.8, 4) is 0 Å². The average molecular weight is 434 g/mol. The Morgan fingerprint density at radius 3 is 2.78 bits per heavy atom. The molecule has 2 amide bonds. The second-order valence-electron chi connectivity index (χ2n) is 9.32. The van der Waals surface area contributed by atoms with Gasteiger partial charge in [-0.25, -0.2) is 4.39 Å². The van der Waals surface area contributed by atoms with Crippen molar-refractivity contribution in [1.82, 2.24) is 14.8 Å². The van der Waals surface area contributed by atoms with Crippen LogP contribution in [0.5, 0.6) is 0 Å². The van der Waals surface area contributed by atoms with Crippen LogP contribution in [-0.4, -0.2) is 39.9 Å². The number of rotatable bonds is 2. The van der Waals surface area contributed by atoms with E-state index in [9.17, 15) is 14.0 Å². The maximum atomic E-state index is 14.9. The molecular formula is C26H28FN3O2. The third kappa shape index (κ3) is 3.38. The lowest BCUT2D eigenvalue weighted by Gasteiger charge is -2.34. The summed E-state index contributed by atoms with van der Waals surface area (Å²) in [6, 6.07) is 14.8. The lowest BCUT2D eigenvalue weighted by molar-refractivity contribution is -0.122. The molecule has 0 unspecified atom stereocenters. The summed E-state index contributed by atoms with van der Waals surface area (Å²) in [7, 11) is 1.90. The Morgan fingerprint density at radius 2 is 1.97 bits per heavy atom. The molecule has 1 N–H and O–H groups in total. The first-order valence-corrected chi connectivity index (χ1v) is 11.3. The van der Waals surface area contributed by atoms with Crippen LogP contribution in [0.25, 0.3) is 10.9 Å². The second kappa shape index (κ2) is 7.76. The summed E-state index contributed by atoms with van der Waals surface area (Å²) in [4.78, 5) is 28.0. The molecule has 5 rings (SSSR count). The number of hydrogen-bond donors (Lipinski definition) is 1. The molecule has 1 spiro atoms. The van der Waals surface area contributed by atoms with E-state index in [1.165, 1.54) is 6.07 Å².